The molecule has 0 unspecified atom stereocenters. The van der Waals surface area contributed by atoms with Crippen molar-refractivity contribution in [1.82, 2.24) is 0 Å². The van der Waals surface area contributed by atoms with E-state index < -0.39 is 0 Å². The second kappa shape index (κ2) is 2.75. The van der Waals surface area contributed by atoms with E-state index in [-0.39, 0.29) is 11.5 Å². The SMILES string of the molecule is CC1=CC[C@]2(C)[C@H](O)[C@H]1[C@]1(C)CCC[C@@]12C. The Morgan fingerprint density at radius 3 is 2.56 bits per heavy atom. The lowest BCUT2D eigenvalue weighted by atomic mass is 9.59. The Hall–Kier alpha value is -0.300. The molecular formula is C15H24O. The summed E-state index contributed by atoms with van der Waals surface area (Å²) >= 11 is 0. The van der Waals surface area contributed by atoms with E-state index in [1.807, 2.05) is 0 Å². The Morgan fingerprint density at radius 2 is 1.88 bits per heavy atom. The molecule has 1 N–H and O–H groups in total. The number of aliphatic hydroxyl groups is 1. The first kappa shape index (κ1) is 10.8. The van der Waals surface area contributed by atoms with E-state index in [4.69, 9.17) is 0 Å². The van der Waals surface area contributed by atoms with Crippen molar-refractivity contribution in [3.05, 3.63) is 11.6 Å². The van der Waals surface area contributed by atoms with Gasteiger partial charge in [-0.3, -0.25) is 0 Å². The molecule has 1 heteroatoms. The van der Waals surface area contributed by atoms with Gasteiger partial charge in [0, 0.05) is 11.3 Å². The molecule has 0 aromatic heterocycles. The Morgan fingerprint density at radius 1 is 1.19 bits per heavy atom. The average molecular weight is 220 g/mol. The van der Waals surface area contributed by atoms with E-state index in [2.05, 4.69) is 33.8 Å². The minimum atomic E-state index is -0.118. The monoisotopic (exact) mass is 220 g/mol. The summed E-state index contributed by atoms with van der Waals surface area (Å²) in [5, 5.41) is 10.7. The third-order valence-electron chi connectivity index (χ3n) is 6.89. The molecule has 16 heavy (non-hydrogen) atoms. The first-order valence-electron chi connectivity index (χ1n) is 6.72. The van der Waals surface area contributed by atoms with Gasteiger partial charge in [-0.15, -0.1) is 0 Å². The van der Waals surface area contributed by atoms with Crippen LogP contribution < -0.4 is 0 Å². The fourth-order valence-electron chi connectivity index (χ4n) is 5.45. The van der Waals surface area contributed by atoms with Crippen LogP contribution in [0.1, 0.15) is 53.4 Å². The lowest BCUT2D eigenvalue weighted by Crippen LogP contribution is -2.42. The lowest BCUT2D eigenvalue weighted by Gasteiger charge is -2.45. The third-order valence-corrected chi connectivity index (χ3v) is 6.89. The second-order valence-electron chi connectivity index (χ2n) is 7.10. The lowest BCUT2D eigenvalue weighted by molar-refractivity contribution is -0.0224. The molecule has 0 aromatic carbocycles. The molecule has 0 aliphatic heterocycles. The van der Waals surface area contributed by atoms with Crippen LogP contribution in [0, 0.1) is 22.2 Å². The first-order chi connectivity index (χ1) is 7.37. The smallest absolute Gasteiger partial charge is 0.0672 e. The van der Waals surface area contributed by atoms with Gasteiger partial charge < -0.3 is 5.11 Å². The van der Waals surface area contributed by atoms with Gasteiger partial charge in [-0.2, -0.15) is 0 Å². The molecule has 1 nitrogen and oxygen atoms in total. The van der Waals surface area contributed by atoms with Crippen LogP contribution in [0.2, 0.25) is 0 Å². The molecule has 0 spiro atoms. The van der Waals surface area contributed by atoms with Crippen molar-refractivity contribution in [3.63, 3.8) is 0 Å². The molecular weight excluding hydrogens is 196 g/mol. The molecule has 3 rings (SSSR count). The van der Waals surface area contributed by atoms with Gasteiger partial charge in [-0.25, -0.2) is 0 Å². The first-order valence-corrected chi connectivity index (χ1v) is 6.72. The predicted molar refractivity (Wildman–Crippen MR) is 66.0 cm³/mol. The molecule has 0 aromatic rings. The summed E-state index contributed by atoms with van der Waals surface area (Å²) in [7, 11) is 0. The third kappa shape index (κ3) is 0.827. The van der Waals surface area contributed by atoms with E-state index in [9.17, 15) is 5.11 Å². The van der Waals surface area contributed by atoms with Gasteiger partial charge >= 0.3 is 0 Å². The van der Waals surface area contributed by atoms with E-state index >= 15 is 0 Å². The molecule has 90 valence electrons. The van der Waals surface area contributed by atoms with Crippen molar-refractivity contribution in [3.8, 4) is 0 Å². The summed E-state index contributed by atoms with van der Waals surface area (Å²) in [6, 6.07) is 0. The number of rotatable bonds is 0. The second-order valence-corrected chi connectivity index (χ2v) is 7.10. The van der Waals surface area contributed by atoms with Crippen LogP contribution in [0.5, 0.6) is 0 Å². The highest BCUT2D eigenvalue weighted by atomic mass is 16.3. The van der Waals surface area contributed by atoms with E-state index in [0.717, 1.165) is 6.42 Å². The van der Waals surface area contributed by atoms with Crippen molar-refractivity contribution < 1.29 is 5.11 Å². The largest absolute Gasteiger partial charge is 0.392 e. The summed E-state index contributed by atoms with van der Waals surface area (Å²) in [6.07, 6.45) is 7.29. The molecule has 0 amide bonds. The maximum atomic E-state index is 10.7. The predicted octanol–water partition coefficient (Wildman–Crippen LogP) is 3.53. The van der Waals surface area contributed by atoms with Crippen LogP contribution in [0.4, 0.5) is 0 Å². The molecule has 3 aliphatic rings. The zero-order chi connectivity index (χ0) is 11.8. The Balaban J connectivity index is 2.23. The van der Waals surface area contributed by atoms with Gasteiger partial charge in [0.05, 0.1) is 6.10 Å². The van der Waals surface area contributed by atoms with Crippen molar-refractivity contribution >= 4 is 0 Å². The Bertz CT molecular complexity index is 372. The average Bonchev–Trinajstić information content (AvgIpc) is 2.55. The van der Waals surface area contributed by atoms with Crippen molar-refractivity contribution in [2.24, 2.45) is 22.2 Å². The molecule has 2 fully saturated rings. The number of fused-ring (bicyclic) bond motifs is 5. The maximum Gasteiger partial charge on any atom is 0.0672 e. The van der Waals surface area contributed by atoms with Crippen LogP contribution in [-0.2, 0) is 0 Å². The van der Waals surface area contributed by atoms with Gasteiger partial charge in [0.2, 0.25) is 0 Å². The number of hydrogen-bond acceptors (Lipinski definition) is 1. The van der Waals surface area contributed by atoms with Gasteiger partial charge in [0.1, 0.15) is 0 Å². The summed E-state index contributed by atoms with van der Waals surface area (Å²) in [5.74, 6) is 0.416. The zero-order valence-electron chi connectivity index (χ0n) is 11.0. The Labute approximate surface area is 98.9 Å². The van der Waals surface area contributed by atoms with E-state index in [1.54, 1.807) is 0 Å². The number of allylic oxidation sites excluding steroid dienone is 1. The molecule has 2 saturated carbocycles. The van der Waals surface area contributed by atoms with Crippen LogP contribution in [0.15, 0.2) is 11.6 Å². The van der Waals surface area contributed by atoms with Crippen LogP contribution >= 0.6 is 0 Å². The molecule has 0 saturated heterocycles. The minimum absolute atomic E-state index is 0.114. The fraction of sp³-hybridized carbons (Fsp3) is 0.867. The molecule has 0 radical (unpaired) electrons. The van der Waals surface area contributed by atoms with Crippen molar-refractivity contribution in [1.29, 1.82) is 0 Å². The van der Waals surface area contributed by atoms with Crippen LogP contribution in [0.25, 0.3) is 0 Å². The zero-order valence-corrected chi connectivity index (χ0v) is 11.0. The summed E-state index contributed by atoms with van der Waals surface area (Å²) in [4.78, 5) is 0. The highest BCUT2D eigenvalue weighted by molar-refractivity contribution is 5.31. The summed E-state index contributed by atoms with van der Waals surface area (Å²) in [6.45, 7) is 9.42. The number of aliphatic hydroxyl groups excluding tert-OH is 1. The Kier molecular flexibility index (Phi) is 1.86. The molecule has 2 bridgehead atoms. The number of hydrogen-bond donors (Lipinski definition) is 1. The summed E-state index contributed by atoms with van der Waals surface area (Å²) < 4.78 is 0. The topological polar surface area (TPSA) is 20.2 Å². The van der Waals surface area contributed by atoms with Gasteiger partial charge in [0.15, 0.2) is 0 Å². The fourth-order valence-corrected chi connectivity index (χ4v) is 5.45. The standard InChI is InChI=1S/C15H24O/c1-10-6-9-14(3)12(16)11(10)13(2)7-5-8-15(13,14)4/h6,11-12,16H,5,7-9H2,1-4H3/t11-,12+,13-,14+,15-/m0/s1. The molecule has 0 heterocycles. The molecule has 3 aliphatic carbocycles. The van der Waals surface area contributed by atoms with Gasteiger partial charge in [0.25, 0.3) is 0 Å². The summed E-state index contributed by atoms with van der Waals surface area (Å²) in [5.41, 5.74) is 2.22. The van der Waals surface area contributed by atoms with Crippen molar-refractivity contribution in [2.45, 2.75) is 59.5 Å². The highest BCUT2D eigenvalue weighted by Gasteiger charge is 2.71. The van der Waals surface area contributed by atoms with E-state index in [0.29, 0.717) is 16.7 Å². The molecule has 5 atom stereocenters. The van der Waals surface area contributed by atoms with Crippen molar-refractivity contribution in [2.75, 3.05) is 0 Å². The van der Waals surface area contributed by atoms with E-state index in [1.165, 1.54) is 24.8 Å². The maximum absolute atomic E-state index is 10.7. The van der Waals surface area contributed by atoms with Gasteiger partial charge in [-0.1, -0.05) is 38.8 Å². The van der Waals surface area contributed by atoms with Gasteiger partial charge in [-0.05, 0) is 37.0 Å². The quantitative estimate of drug-likeness (QED) is 0.619. The minimum Gasteiger partial charge on any atom is -0.392 e. The van der Waals surface area contributed by atoms with Crippen LogP contribution in [0.3, 0.4) is 0 Å². The highest BCUT2D eigenvalue weighted by Crippen LogP contribution is 2.75. The van der Waals surface area contributed by atoms with Crippen LogP contribution in [-0.4, -0.2) is 11.2 Å². The normalized spacial score (nSPS) is 59.7.